The molecule has 2 N–H and O–H groups in total. The number of hydrogen-bond donors (Lipinski definition) is 2. The van der Waals surface area contributed by atoms with Crippen LogP contribution in [-0.4, -0.2) is 27.1 Å². The fourth-order valence-electron chi connectivity index (χ4n) is 7.99. The first-order valence-corrected chi connectivity index (χ1v) is 12.1. The van der Waals surface area contributed by atoms with Gasteiger partial charge in [-0.15, -0.1) is 0 Å². The van der Waals surface area contributed by atoms with Crippen LogP contribution < -0.4 is 0 Å². The maximum absolute atomic E-state index is 10.2. The molecule has 0 radical (unpaired) electrons. The molecular formula is C27H36N2O2. The quantitative estimate of drug-likeness (QED) is 0.278. The van der Waals surface area contributed by atoms with Crippen LogP contribution in [0.4, 0.5) is 0 Å². The number of allylic oxidation sites excluding steroid dienone is 2. The van der Waals surface area contributed by atoms with Crippen LogP contribution in [0.5, 0.6) is 0 Å². The number of hydrogen-bond acceptors (Lipinski definition) is 4. The number of pyridine rings is 1. The molecule has 7 atom stereocenters. The van der Waals surface area contributed by atoms with Gasteiger partial charge in [-0.1, -0.05) is 36.7 Å². The van der Waals surface area contributed by atoms with E-state index >= 15 is 0 Å². The van der Waals surface area contributed by atoms with Crippen molar-refractivity contribution in [3.63, 3.8) is 0 Å². The van der Waals surface area contributed by atoms with Gasteiger partial charge in [0.1, 0.15) is 0 Å². The van der Waals surface area contributed by atoms with E-state index in [9.17, 15) is 10.3 Å². The van der Waals surface area contributed by atoms with Crippen molar-refractivity contribution in [2.75, 3.05) is 0 Å². The molecule has 1 aromatic heterocycles. The van der Waals surface area contributed by atoms with Gasteiger partial charge in [0, 0.05) is 12.1 Å². The highest BCUT2D eigenvalue weighted by Gasteiger charge is 2.59. The van der Waals surface area contributed by atoms with E-state index in [1.165, 1.54) is 24.8 Å². The number of oxime groups is 1. The van der Waals surface area contributed by atoms with Crippen molar-refractivity contribution in [1.29, 1.82) is 0 Å². The summed E-state index contributed by atoms with van der Waals surface area (Å²) in [6.45, 7) is 4.93. The van der Waals surface area contributed by atoms with E-state index in [2.05, 4.69) is 30.1 Å². The largest absolute Gasteiger partial charge is 0.411 e. The number of aliphatic hydroxyl groups is 1. The molecule has 0 spiro atoms. The smallest absolute Gasteiger partial charge is 0.0832 e. The Hall–Kier alpha value is -1.94. The topological polar surface area (TPSA) is 65.7 Å². The second-order valence-corrected chi connectivity index (χ2v) is 10.9. The standard InChI is InChI=1S/C27H36N2O2/c1-26-14-12-20(30)17-18(26)6-8-21-22-9-10-24(27(22,2)15-13-23(21)26)25(29-31)11-7-19-5-3-4-16-28-19/h3-7,11,16,20-24,30-31H,8-10,12-15,17H2,1-2H3/b11-7+,29-25+/t20-,21-,22-,23-,24+,26-,27-/m0/s1. The van der Waals surface area contributed by atoms with E-state index in [1.54, 1.807) is 6.20 Å². The number of nitrogens with zero attached hydrogens (tertiary/aromatic N) is 2. The van der Waals surface area contributed by atoms with Crippen molar-refractivity contribution < 1.29 is 10.3 Å². The monoisotopic (exact) mass is 420 g/mol. The first-order valence-electron chi connectivity index (χ1n) is 12.1. The summed E-state index contributed by atoms with van der Waals surface area (Å²) in [7, 11) is 0. The van der Waals surface area contributed by atoms with Gasteiger partial charge in [-0.25, -0.2) is 0 Å². The first-order chi connectivity index (χ1) is 15.0. The minimum absolute atomic E-state index is 0.144. The molecule has 0 aromatic carbocycles. The molecule has 1 heterocycles. The van der Waals surface area contributed by atoms with Gasteiger partial charge >= 0.3 is 0 Å². The summed E-state index contributed by atoms with van der Waals surface area (Å²) in [4.78, 5) is 4.37. The highest BCUT2D eigenvalue weighted by atomic mass is 16.4. The number of aliphatic hydroxyl groups excluding tert-OH is 1. The zero-order valence-electron chi connectivity index (χ0n) is 18.9. The van der Waals surface area contributed by atoms with Gasteiger partial charge in [0.15, 0.2) is 0 Å². The molecule has 31 heavy (non-hydrogen) atoms. The van der Waals surface area contributed by atoms with Crippen molar-refractivity contribution >= 4 is 11.8 Å². The average Bonchev–Trinajstić information content (AvgIpc) is 3.13. The summed E-state index contributed by atoms with van der Waals surface area (Å²) >= 11 is 0. The summed E-state index contributed by atoms with van der Waals surface area (Å²) in [5.74, 6) is 2.43. The Morgan fingerprint density at radius 2 is 2.00 bits per heavy atom. The van der Waals surface area contributed by atoms with Crippen LogP contribution in [0.3, 0.4) is 0 Å². The maximum atomic E-state index is 10.2. The highest BCUT2D eigenvalue weighted by Crippen LogP contribution is 2.66. The molecule has 0 amide bonds. The lowest BCUT2D eigenvalue weighted by Crippen LogP contribution is -2.51. The predicted molar refractivity (Wildman–Crippen MR) is 124 cm³/mol. The number of rotatable bonds is 3. The third kappa shape index (κ3) is 3.38. The average molecular weight is 421 g/mol. The fraction of sp³-hybridized carbons (Fsp3) is 0.630. The Morgan fingerprint density at radius 3 is 2.77 bits per heavy atom. The summed E-state index contributed by atoms with van der Waals surface area (Å²) in [5.41, 5.74) is 3.70. The van der Waals surface area contributed by atoms with E-state index in [0.717, 1.165) is 49.4 Å². The normalized spacial score (nSPS) is 42.6. The molecule has 5 rings (SSSR count). The second kappa shape index (κ2) is 7.88. The molecule has 4 aliphatic carbocycles. The minimum Gasteiger partial charge on any atom is -0.411 e. The molecule has 4 aliphatic rings. The predicted octanol–water partition coefficient (Wildman–Crippen LogP) is 5.86. The molecule has 0 bridgehead atoms. The molecular weight excluding hydrogens is 384 g/mol. The summed E-state index contributed by atoms with van der Waals surface area (Å²) in [6.07, 6.45) is 17.0. The van der Waals surface area contributed by atoms with Crippen LogP contribution in [0.1, 0.15) is 70.9 Å². The van der Waals surface area contributed by atoms with Crippen LogP contribution in [0.2, 0.25) is 0 Å². The third-order valence-electron chi connectivity index (χ3n) is 9.66. The molecule has 0 aliphatic heterocycles. The number of fused-ring (bicyclic) bond motifs is 5. The van der Waals surface area contributed by atoms with Crippen molar-refractivity contribution in [2.45, 2.75) is 71.3 Å². The van der Waals surface area contributed by atoms with E-state index in [0.29, 0.717) is 17.8 Å². The van der Waals surface area contributed by atoms with Gasteiger partial charge < -0.3 is 10.3 Å². The fourth-order valence-corrected chi connectivity index (χ4v) is 7.99. The summed E-state index contributed by atoms with van der Waals surface area (Å²) in [6, 6.07) is 5.87. The van der Waals surface area contributed by atoms with Crippen LogP contribution in [0.15, 0.2) is 47.3 Å². The van der Waals surface area contributed by atoms with E-state index in [4.69, 9.17) is 0 Å². The van der Waals surface area contributed by atoms with E-state index in [1.807, 2.05) is 30.4 Å². The van der Waals surface area contributed by atoms with Crippen LogP contribution in [0.25, 0.3) is 6.08 Å². The van der Waals surface area contributed by atoms with Gasteiger partial charge in [-0.2, -0.15) is 0 Å². The molecule has 0 unspecified atom stereocenters. The van der Waals surface area contributed by atoms with Crippen molar-refractivity contribution in [3.8, 4) is 0 Å². The van der Waals surface area contributed by atoms with Gasteiger partial charge in [0.25, 0.3) is 0 Å². The van der Waals surface area contributed by atoms with Crippen LogP contribution in [-0.2, 0) is 0 Å². The Morgan fingerprint density at radius 1 is 1.13 bits per heavy atom. The molecule has 4 heteroatoms. The zero-order valence-corrected chi connectivity index (χ0v) is 18.9. The maximum Gasteiger partial charge on any atom is 0.0832 e. The zero-order chi connectivity index (χ0) is 21.6. The Balaban J connectivity index is 1.39. The van der Waals surface area contributed by atoms with Gasteiger partial charge in [0.2, 0.25) is 0 Å². The van der Waals surface area contributed by atoms with E-state index < -0.39 is 0 Å². The van der Waals surface area contributed by atoms with E-state index in [-0.39, 0.29) is 16.9 Å². The molecule has 1 aromatic rings. The molecule has 166 valence electrons. The SMILES string of the molecule is C[C@]12CC[C@H]3[C@@H](CC=C4C[C@@H](O)CC[C@@]43C)[C@@H]1CC[C@@H]2C(/C=C/c1ccccn1)=N/O. The van der Waals surface area contributed by atoms with Crippen LogP contribution in [0, 0.1) is 34.5 Å². The lowest BCUT2D eigenvalue weighted by molar-refractivity contribution is -0.0424. The molecule has 3 saturated carbocycles. The second-order valence-electron chi connectivity index (χ2n) is 10.9. The van der Waals surface area contributed by atoms with Crippen molar-refractivity contribution in [3.05, 3.63) is 47.8 Å². The number of aromatic nitrogens is 1. The Labute approximate surface area is 186 Å². The first kappa shape index (κ1) is 20.9. The van der Waals surface area contributed by atoms with Gasteiger partial charge in [-0.3, -0.25) is 4.98 Å². The van der Waals surface area contributed by atoms with Gasteiger partial charge in [0.05, 0.1) is 17.5 Å². The lowest BCUT2D eigenvalue weighted by Gasteiger charge is -2.58. The molecule has 3 fully saturated rings. The van der Waals surface area contributed by atoms with Crippen molar-refractivity contribution in [2.24, 2.45) is 39.7 Å². The molecule has 0 saturated heterocycles. The van der Waals surface area contributed by atoms with Crippen molar-refractivity contribution in [1.82, 2.24) is 4.98 Å². The third-order valence-corrected chi connectivity index (χ3v) is 9.66. The minimum atomic E-state index is -0.144. The Kier molecular flexibility index (Phi) is 5.32. The Bertz CT molecular complexity index is 907. The van der Waals surface area contributed by atoms with Gasteiger partial charge in [-0.05, 0) is 104 Å². The summed E-state index contributed by atoms with van der Waals surface area (Å²) in [5, 5.41) is 23.9. The summed E-state index contributed by atoms with van der Waals surface area (Å²) < 4.78 is 0. The van der Waals surface area contributed by atoms with Crippen LogP contribution >= 0.6 is 0 Å². The highest BCUT2D eigenvalue weighted by molar-refractivity contribution is 6.00. The lowest BCUT2D eigenvalue weighted by atomic mass is 9.47. The molecule has 4 nitrogen and oxygen atoms in total.